The van der Waals surface area contributed by atoms with Crippen molar-refractivity contribution in [3.63, 3.8) is 0 Å². The van der Waals surface area contributed by atoms with Crippen LogP contribution in [0.3, 0.4) is 0 Å². The average Bonchev–Trinajstić information content (AvgIpc) is 2.87. The van der Waals surface area contributed by atoms with Crippen LogP contribution in [-0.2, 0) is 6.42 Å². The molecule has 0 aliphatic rings. The number of nitrogens with one attached hydrogen (secondary N) is 1. The van der Waals surface area contributed by atoms with Crippen LogP contribution in [-0.4, -0.2) is 18.8 Å². The van der Waals surface area contributed by atoms with Crippen LogP contribution >= 0.6 is 39.0 Å². The largest absolute Gasteiger partial charge is 0.316 e. The van der Waals surface area contributed by atoms with Crippen LogP contribution in [0.4, 0.5) is 0 Å². The highest BCUT2D eigenvalue weighted by Crippen LogP contribution is 2.23. The van der Waals surface area contributed by atoms with E-state index in [0.29, 0.717) is 6.04 Å². The van der Waals surface area contributed by atoms with Crippen molar-refractivity contribution in [1.82, 2.24) is 5.32 Å². The van der Waals surface area contributed by atoms with Gasteiger partial charge in [-0.25, -0.2) is 0 Å². The topological polar surface area (TPSA) is 12.0 Å². The fraction of sp³-hybridized carbons (Fsp3) is 0.286. The number of benzene rings is 1. The fourth-order valence-corrected chi connectivity index (χ4v) is 4.07. The number of rotatable bonds is 6. The Bertz CT molecular complexity index is 470. The number of halogens is 1. The molecule has 2 rings (SSSR count). The maximum absolute atomic E-state index is 3.51. The van der Waals surface area contributed by atoms with Crippen LogP contribution in [0.15, 0.2) is 51.1 Å². The second-order valence-electron chi connectivity index (χ2n) is 4.04. The molecule has 1 atom stereocenters. The Hall–Kier alpha value is -0.290. The first-order valence-corrected chi connectivity index (χ1v) is 8.52. The van der Waals surface area contributed by atoms with E-state index in [9.17, 15) is 0 Å². The summed E-state index contributed by atoms with van der Waals surface area (Å²) < 4.78 is 1.15. The molecule has 0 fully saturated rings. The van der Waals surface area contributed by atoms with Crippen molar-refractivity contribution in [3.05, 3.63) is 51.1 Å². The molecule has 4 heteroatoms. The molecule has 2 aromatic rings. The highest BCUT2D eigenvalue weighted by Gasteiger charge is 2.08. The van der Waals surface area contributed by atoms with Crippen molar-refractivity contribution in [2.75, 3.05) is 12.8 Å². The molecule has 1 aromatic heterocycles. The summed E-state index contributed by atoms with van der Waals surface area (Å²) in [5, 5.41) is 5.54. The van der Waals surface area contributed by atoms with E-state index >= 15 is 0 Å². The Morgan fingerprint density at radius 3 is 2.89 bits per heavy atom. The van der Waals surface area contributed by atoms with Gasteiger partial charge in [-0.15, -0.1) is 23.1 Å². The van der Waals surface area contributed by atoms with Gasteiger partial charge in [-0.2, -0.15) is 0 Å². The second-order valence-corrected chi connectivity index (χ2v) is 7.08. The van der Waals surface area contributed by atoms with E-state index < -0.39 is 0 Å². The highest BCUT2D eigenvalue weighted by atomic mass is 79.9. The van der Waals surface area contributed by atoms with E-state index in [1.807, 2.05) is 30.1 Å². The molecule has 0 saturated heterocycles. The smallest absolute Gasteiger partial charge is 0.0206 e. The Morgan fingerprint density at radius 1 is 1.33 bits per heavy atom. The summed E-state index contributed by atoms with van der Waals surface area (Å²) >= 11 is 7.24. The standard InChI is InChI=1S/C14H16BrNS2/c1-16-12(9-14-6-3-7-17-14)10-18-13-5-2-4-11(15)8-13/h2-8,12,16H,9-10H2,1H3. The van der Waals surface area contributed by atoms with Crippen molar-refractivity contribution in [1.29, 1.82) is 0 Å². The summed E-state index contributed by atoms with van der Waals surface area (Å²) in [5.41, 5.74) is 0. The van der Waals surface area contributed by atoms with Crippen LogP contribution in [0.1, 0.15) is 4.88 Å². The molecular formula is C14H16BrNS2. The summed E-state index contributed by atoms with van der Waals surface area (Å²) in [7, 11) is 2.04. The normalized spacial score (nSPS) is 12.6. The molecule has 0 aliphatic heterocycles. The number of thioether (sulfide) groups is 1. The number of likely N-dealkylation sites (N-methyl/N-ethyl adjacent to an activating group) is 1. The average molecular weight is 342 g/mol. The molecule has 1 unspecified atom stereocenters. The number of hydrogen-bond acceptors (Lipinski definition) is 3. The van der Waals surface area contributed by atoms with Crippen molar-refractivity contribution in [2.24, 2.45) is 0 Å². The zero-order valence-electron chi connectivity index (χ0n) is 10.2. The highest BCUT2D eigenvalue weighted by molar-refractivity contribution is 9.10. The van der Waals surface area contributed by atoms with Crippen LogP contribution in [0, 0.1) is 0 Å². The van der Waals surface area contributed by atoms with Gasteiger partial charge in [-0.3, -0.25) is 0 Å². The lowest BCUT2D eigenvalue weighted by molar-refractivity contribution is 0.622. The quantitative estimate of drug-likeness (QED) is 0.780. The molecule has 1 aromatic carbocycles. The molecule has 0 saturated carbocycles. The minimum absolute atomic E-state index is 0.521. The van der Waals surface area contributed by atoms with Crippen molar-refractivity contribution < 1.29 is 0 Å². The maximum Gasteiger partial charge on any atom is 0.0206 e. The molecule has 0 aliphatic carbocycles. The zero-order valence-corrected chi connectivity index (χ0v) is 13.4. The summed E-state index contributed by atoms with van der Waals surface area (Å²) in [4.78, 5) is 2.76. The van der Waals surface area contributed by atoms with Crippen LogP contribution in [0.25, 0.3) is 0 Å². The van der Waals surface area contributed by atoms with Gasteiger partial charge in [0, 0.05) is 26.0 Å². The molecule has 0 amide bonds. The molecule has 0 spiro atoms. The van der Waals surface area contributed by atoms with Gasteiger partial charge in [0.15, 0.2) is 0 Å². The van der Waals surface area contributed by atoms with E-state index in [2.05, 4.69) is 63.0 Å². The molecule has 18 heavy (non-hydrogen) atoms. The first kappa shape index (κ1) is 14.1. The van der Waals surface area contributed by atoms with Crippen LogP contribution in [0.2, 0.25) is 0 Å². The third kappa shape index (κ3) is 4.43. The Kier molecular flexibility index (Phi) is 5.76. The Morgan fingerprint density at radius 2 is 2.22 bits per heavy atom. The molecule has 0 bridgehead atoms. The maximum atomic E-state index is 3.51. The number of thiophene rings is 1. The van der Waals surface area contributed by atoms with E-state index in [1.54, 1.807) is 0 Å². The van der Waals surface area contributed by atoms with Crippen LogP contribution < -0.4 is 5.32 Å². The first-order chi connectivity index (χ1) is 8.78. The van der Waals surface area contributed by atoms with Gasteiger partial charge in [0.1, 0.15) is 0 Å². The van der Waals surface area contributed by atoms with Gasteiger partial charge < -0.3 is 5.32 Å². The SMILES string of the molecule is CNC(CSc1cccc(Br)c1)Cc1cccs1. The molecule has 0 radical (unpaired) electrons. The van der Waals surface area contributed by atoms with Crippen molar-refractivity contribution in [3.8, 4) is 0 Å². The van der Waals surface area contributed by atoms with Gasteiger partial charge in [-0.05, 0) is 43.1 Å². The molecular weight excluding hydrogens is 326 g/mol. The minimum Gasteiger partial charge on any atom is -0.316 e. The summed E-state index contributed by atoms with van der Waals surface area (Å²) in [6.07, 6.45) is 1.11. The van der Waals surface area contributed by atoms with Gasteiger partial charge >= 0.3 is 0 Å². The molecule has 1 nitrogen and oxygen atoms in total. The lowest BCUT2D eigenvalue weighted by Gasteiger charge is -2.14. The van der Waals surface area contributed by atoms with E-state index in [-0.39, 0.29) is 0 Å². The predicted octanol–water partition coefficient (Wildman–Crippen LogP) is 4.43. The third-order valence-corrected chi connectivity index (χ3v) is 5.23. The Labute approximate surface area is 125 Å². The van der Waals surface area contributed by atoms with Crippen molar-refractivity contribution >= 4 is 39.0 Å². The Balaban J connectivity index is 1.87. The minimum atomic E-state index is 0.521. The fourth-order valence-electron chi connectivity index (χ4n) is 1.67. The van der Waals surface area contributed by atoms with Gasteiger partial charge in [0.05, 0.1) is 0 Å². The first-order valence-electron chi connectivity index (χ1n) is 5.86. The summed E-state index contributed by atoms with van der Waals surface area (Å²) in [5.74, 6) is 1.09. The van der Waals surface area contributed by atoms with Crippen LogP contribution in [0.5, 0.6) is 0 Å². The summed E-state index contributed by atoms with van der Waals surface area (Å²) in [6.45, 7) is 0. The zero-order chi connectivity index (χ0) is 12.8. The van der Waals surface area contributed by atoms with Gasteiger partial charge in [0.25, 0.3) is 0 Å². The molecule has 1 N–H and O–H groups in total. The number of hydrogen-bond donors (Lipinski definition) is 1. The van der Waals surface area contributed by atoms with Gasteiger partial charge in [0.2, 0.25) is 0 Å². The third-order valence-electron chi connectivity index (χ3n) is 2.68. The predicted molar refractivity (Wildman–Crippen MR) is 85.7 cm³/mol. The lowest BCUT2D eigenvalue weighted by Crippen LogP contribution is -2.29. The van der Waals surface area contributed by atoms with Crippen molar-refractivity contribution in [2.45, 2.75) is 17.4 Å². The molecule has 96 valence electrons. The van der Waals surface area contributed by atoms with E-state index in [0.717, 1.165) is 16.6 Å². The lowest BCUT2D eigenvalue weighted by atomic mass is 10.2. The van der Waals surface area contributed by atoms with Gasteiger partial charge in [-0.1, -0.05) is 28.1 Å². The second kappa shape index (κ2) is 7.34. The van der Waals surface area contributed by atoms with E-state index in [1.165, 1.54) is 9.77 Å². The molecule has 1 heterocycles. The van der Waals surface area contributed by atoms with E-state index in [4.69, 9.17) is 0 Å². The monoisotopic (exact) mass is 341 g/mol. The summed E-state index contributed by atoms with van der Waals surface area (Å²) in [6, 6.07) is 13.3.